The van der Waals surface area contributed by atoms with Crippen molar-refractivity contribution in [2.45, 2.75) is 32.0 Å². The maximum atomic E-state index is 12.0. The highest BCUT2D eigenvalue weighted by Crippen LogP contribution is 2.14. The lowest BCUT2D eigenvalue weighted by molar-refractivity contribution is 0.0923. The standard InChI is InChI=1S/C22H25N5O3/c28-21(19-7-3-11-30-19)25-13-16-4-1-5-17(12-16)14-26-22-23-9-8-20(27-22)24-15-18-6-2-10-29-18/h1,3-5,7-9,11-12,18H,2,6,10,13-15H2,(H,25,28)(H2,23,24,26,27)/t18-/m0/s1. The molecule has 1 atom stereocenters. The van der Waals surface area contributed by atoms with Crippen LogP contribution >= 0.6 is 0 Å². The summed E-state index contributed by atoms with van der Waals surface area (Å²) in [5.74, 6) is 1.41. The lowest BCUT2D eigenvalue weighted by Gasteiger charge is -2.12. The second-order valence-corrected chi connectivity index (χ2v) is 7.11. The summed E-state index contributed by atoms with van der Waals surface area (Å²) in [6.07, 6.45) is 5.67. The fourth-order valence-electron chi connectivity index (χ4n) is 3.27. The van der Waals surface area contributed by atoms with Crippen molar-refractivity contribution in [3.63, 3.8) is 0 Å². The van der Waals surface area contributed by atoms with Gasteiger partial charge in [-0.25, -0.2) is 4.98 Å². The summed E-state index contributed by atoms with van der Waals surface area (Å²) < 4.78 is 10.7. The molecule has 0 saturated carbocycles. The predicted molar refractivity (Wildman–Crippen MR) is 113 cm³/mol. The molecular weight excluding hydrogens is 382 g/mol. The quantitative estimate of drug-likeness (QED) is 0.501. The van der Waals surface area contributed by atoms with Crippen molar-refractivity contribution >= 4 is 17.7 Å². The van der Waals surface area contributed by atoms with Gasteiger partial charge in [-0.15, -0.1) is 0 Å². The van der Waals surface area contributed by atoms with Gasteiger partial charge in [-0.2, -0.15) is 4.98 Å². The van der Waals surface area contributed by atoms with Gasteiger partial charge in [0.1, 0.15) is 5.82 Å². The van der Waals surface area contributed by atoms with E-state index in [2.05, 4.69) is 25.9 Å². The van der Waals surface area contributed by atoms with Gasteiger partial charge in [0.2, 0.25) is 5.95 Å². The number of amides is 1. The molecule has 8 heteroatoms. The van der Waals surface area contributed by atoms with Crippen molar-refractivity contribution in [1.29, 1.82) is 0 Å². The summed E-state index contributed by atoms with van der Waals surface area (Å²) in [4.78, 5) is 20.8. The molecule has 1 saturated heterocycles. The summed E-state index contributed by atoms with van der Waals surface area (Å²) in [5.41, 5.74) is 2.07. The van der Waals surface area contributed by atoms with E-state index < -0.39 is 0 Å². The molecule has 1 fully saturated rings. The molecule has 1 aromatic carbocycles. The third-order valence-corrected chi connectivity index (χ3v) is 4.83. The molecule has 0 radical (unpaired) electrons. The number of rotatable bonds is 9. The van der Waals surface area contributed by atoms with Crippen LogP contribution in [0.2, 0.25) is 0 Å². The van der Waals surface area contributed by atoms with Crippen LogP contribution in [0.25, 0.3) is 0 Å². The third-order valence-electron chi connectivity index (χ3n) is 4.83. The van der Waals surface area contributed by atoms with Crippen molar-refractivity contribution in [3.8, 4) is 0 Å². The second-order valence-electron chi connectivity index (χ2n) is 7.11. The average Bonchev–Trinajstić information content (AvgIpc) is 3.50. The van der Waals surface area contributed by atoms with E-state index >= 15 is 0 Å². The monoisotopic (exact) mass is 407 g/mol. The van der Waals surface area contributed by atoms with E-state index in [1.54, 1.807) is 18.3 Å². The molecule has 1 amide bonds. The Morgan fingerprint density at radius 2 is 2.00 bits per heavy atom. The zero-order valence-corrected chi connectivity index (χ0v) is 16.6. The topological polar surface area (TPSA) is 101 Å². The second kappa shape index (κ2) is 9.89. The van der Waals surface area contributed by atoms with Gasteiger partial charge in [0.25, 0.3) is 5.91 Å². The molecule has 156 valence electrons. The SMILES string of the molecule is O=C(NCc1cccc(CNc2nccc(NC[C@@H]3CCCO3)n2)c1)c1ccco1. The lowest BCUT2D eigenvalue weighted by atomic mass is 10.1. The normalized spacial score (nSPS) is 15.7. The van der Waals surface area contributed by atoms with Gasteiger partial charge >= 0.3 is 0 Å². The first-order valence-corrected chi connectivity index (χ1v) is 10.1. The van der Waals surface area contributed by atoms with Gasteiger partial charge in [0.05, 0.1) is 12.4 Å². The first-order valence-electron chi connectivity index (χ1n) is 10.1. The highest BCUT2D eigenvalue weighted by molar-refractivity contribution is 5.91. The Labute approximate surface area is 175 Å². The summed E-state index contributed by atoms with van der Waals surface area (Å²) in [6, 6.07) is 13.2. The number of aromatic nitrogens is 2. The number of carbonyl (C=O) groups is 1. The van der Waals surface area contributed by atoms with E-state index in [9.17, 15) is 4.79 Å². The molecule has 0 aliphatic carbocycles. The number of hydrogen-bond donors (Lipinski definition) is 3. The summed E-state index contributed by atoms with van der Waals surface area (Å²) >= 11 is 0. The molecule has 30 heavy (non-hydrogen) atoms. The van der Waals surface area contributed by atoms with Crippen LogP contribution in [-0.2, 0) is 17.8 Å². The van der Waals surface area contributed by atoms with E-state index in [-0.39, 0.29) is 12.0 Å². The summed E-state index contributed by atoms with van der Waals surface area (Å²) in [5, 5.41) is 9.41. The molecular formula is C22H25N5O3. The van der Waals surface area contributed by atoms with Gasteiger partial charge in [-0.3, -0.25) is 4.79 Å². The van der Waals surface area contributed by atoms with Crippen LogP contribution in [0.1, 0.15) is 34.5 Å². The fraction of sp³-hybridized carbons (Fsp3) is 0.318. The van der Waals surface area contributed by atoms with E-state index in [4.69, 9.17) is 9.15 Å². The van der Waals surface area contributed by atoms with E-state index in [0.717, 1.165) is 42.9 Å². The predicted octanol–water partition coefficient (Wildman–Crippen LogP) is 3.20. The molecule has 3 aromatic rings. The maximum absolute atomic E-state index is 12.0. The van der Waals surface area contributed by atoms with E-state index in [1.165, 1.54) is 6.26 Å². The Balaban J connectivity index is 1.27. The molecule has 2 aromatic heterocycles. The van der Waals surface area contributed by atoms with Crippen LogP contribution in [-0.4, -0.2) is 35.1 Å². The smallest absolute Gasteiger partial charge is 0.287 e. The molecule has 0 bridgehead atoms. The van der Waals surface area contributed by atoms with Crippen LogP contribution in [0.15, 0.2) is 59.3 Å². The Hall–Kier alpha value is -3.39. The molecule has 4 rings (SSSR count). The molecule has 0 spiro atoms. The highest BCUT2D eigenvalue weighted by Gasteiger charge is 2.15. The summed E-state index contributed by atoms with van der Waals surface area (Å²) in [6.45, 7) is 2.60. The molecule has 3 heterocycles. The first kappa shape index (κ1) is 19.9. The fourth-order valence-corrected chi connectivity index (χ4v) is 3.27. The van der Waals surface area contributed by atoms with Crippen LogP contribution in [0.5, 0.6) is 0 Å². The molecule has 1 aliphatic heterocycles. The Morgan fingerprint density at radius 1 is 1.10 bits per heavy atom. The third kappa shape index (κ3) is 5.57. The zero-order valence-electron chi connectivity index (χ0n) is 16.6. The first-order chi connectivity index (χ1) is 14.8. The van der Waals surface area contributed by atoms with Crippen molar-refractivity contribution < 1.29 is 13.9 Å². The highest BCUT2D eigenvalue weighted by atomic mass is 16.5. The number of furan rings is 1. The number of anilines is 2. The van der Waals surface area contributed by atoms with E-state index in [1.807, 2.05) is 30.3 Å². The van der Waals surface area contributed by atoms with Gasteiger partial charge in [0.15, 0.2) is 5.76 Å². The number of ether oxygens (including phenoxy) is 1. The molecule has 8 nitrogen and oxygen atoms in total. The van der Waals surface area contributed by atoms with Crippen LogP contribution < -0.4 is 16.0 Å². The molecule has 0 unspecified atom stereocenters. The van der Waals surface area contributed by atoms with Crippen molar-refractivity contribution in [2.75, 3.05) is 23.8 Å². The minimum absolute atomic E-state index is 0.232. The van der Waals surface area contributed by atoms with Crippen LogP contribution in [0, 0.1) is 0 Å². The number of nitrogens with zero attached hydrogens (tertiary/aromatic N) is 2. The molecule has 3 N–H and O–H groups in total. The Morgan fingerprint density at radius 3 is 2.80 bits per heavy atom. The number of benzene rings is 1. The maximum Gasteiger partial charge on any atom is 0.287 e. The van der Waals surface area contributed by atoms with E-state index in [0.29, 0.717) is 24.8 Å². The van der Waals surface area contributed by atoms with Gasteiger partial charge < -0.3 is 25.1 Å². The van der Waals surface area contributed by atoms with Gasteiger partial charge in [0, 0.05) is 32.4 Å². The summed E-state index contributed by atoms with van der Waals surface area (Å²) in [7, 11) is 0. The van der Waals surface area contributed by atoms with Crippen molar-refractivity contribution in [1.82, 2.24) is 15.3 Å². The average molecular weight is 407 g/mol. The van der Waals surface area contributed by atoms with Crippen LogP contribution in [0.3, 0.4) is 0 Å². The minimum atomic E-state index is -0.232. The number of nitrogens with one attached hydrogen (secondary N) is 3. The van der Waals surface area contributed by atoms with Gasteiger partial charge in [-0.1, -0.05) is 24.3 Å². The number of hydrogen-bond acceptors (Lipinski definition) is 7. The Kier molecular flexibility index (Phi) is 6.56. The number of carbonyl (C=O) groups excluding carboxylic acids is 1. The zero-order chi connectivity index (χ0) is 20.6. The van der Waals surface area contributed by atoms with Crippen LogP contribution in [0.4, 0.5) is 11.8 Å². The molecule has 1 aliphatic rings. The van der Waals surface area contributed by atoms with Crippen molar-refractivity contribution in [2.24, 2.45) is 0 Å². The lowest BCUT2D eigenvalue weighted by Crippen LogP contribution is -2.22. The largest absolute Gasteiger partial charge is 0.459 e. The minimum Gasteiger partial charge on any atom is -0.459 e. The Bertz CT molecular complexity index is 955. The van der Waals surface area contributed by atoms with Gasteiger partial charge in [-0.05, 0) is 42.2 Å². The van der Waals surface area contributed by atoms with Crippen molar-refractivity contribution in [3.05, 3.63) is 71.8 Å².